The summed E-state index contributed by atoms with van der Waals surface area (Å²) in [5, 5.41) is 10.8. The molecule has 3 rings (SSSR count). The average Bonchev–Trinajstić information content (AvgIpc) is 2.77. The van der Waals surface area contributed by atoms with Crippen LogP contribution in [0.1, 0.15) is 65.5 Å². The summed E-state index contributed by atoms with van der Waals surface area (Å²) >= 11 is 0. The number of aliphatic hydroxyl groups excluding tert-OH is 1. The highest BCUT2D eigenvalue weighted by Crippen LogP contribution is 2.39. The quantitative estimate of drug-likeness (QED) is 0.475. The van der Waals surface area contributed by atoms with E-state index in [1.807, 2.05) is 19.2 Å². The molecular weight excluding hydrogens is 366 g/mol. The third-order valence-corrected chi connectivity index (χ3v) is 6.52. The zero-order valence-corrected chi connectivity index (χ0v) is 19.2. The first-order valence-corrected chi connectivity index (χ1v) is 11.1. The predicted molar refractivity (Wildman–Crippen MR) is 128 cm³/mol. The molecule has 0 saturated carbocycles. The van der Waals surface area contributed by atoms with Crippen LogP contribution in [-0.2, 0) is 10.8 Å². The van der Waals surface area contributed by atoms with Crippen molar-refractivity contribution in [3.8, 4) is 22.4 Å². The van der Waals surface area contributed by atoms with E-state index >= 15 is 0 Å². The van der Waals surface area contributed by atoms with Crippen molar-refractivity contribution < 1.29 is 5.11 Å². The van der Waals surface area contributed by atoms with E-state index in [9.17, 15) is 5.11 Å². The fourth-order valence-electron chi connectivity index (χ4n) is 4.15. The van der Waals surface area contributed by atoms with E-state index in [4.69, 9.17) is 4.98 Å². The third-order valence-electron chi connectivity index (χ3n) is 6.52. The van der Waals surface area contributed by atoms with Crippen LogP contribution in [0.3, 0.4) is 0 Å². The van der Waals surface area contributed by atoms with Crippen LogP contribution in [0.5, 0.6) is 0 Å². The Morgan fingerprint density at radius 2 is 1.47 bits per heavy atom. The second-order valence-corrected chi connectivity index (χ2v) is 9.50. The van der Waals surface area contributed by atoms with Gasteiger partial charge in [-0.1, -0.05) is 96.1 Å². The van der Waals surface area contributed by atoms with Crippen molar-refractivity contribution in [1.82, 2.24) is 4.98 Å². The van der Waals surface area contributed by atoms with Crippen LogP contribution >= 0.6 is 0 Å². The largest absolute Gasteiger partial charge is 0.392 e. The maximum atomic E-state index is 10.8. The topological polar surface area (TPSA) is 33.1 Å². The summed E-state index contributed by atoms with van der Waals surface area (Å²) in [5.41, 5.74) is 6.69. The van der Waals surface area contributed by atoms with Gasteiger partial charge < -0.3 is 5.11 Å². The van der Waals surface area contributed by atoms with Gasteiger partial charge in [0.15, 0.2) is 0 Å². The molecule has 1 unspecified atom stereocenters. The van der Waals surface area contributed by atoms with Gasteiger partial charge in [-0.15, -0.1) is 0 Å². The Morgan fingerprint density at radius 1 is 0.833 bits per heavy atom. The van der Waals surface area contributed by atoms with E-state index in [2.05, 4.69) is 89.2 Å². The Balaban J connectivity index is 1.96. The Hall–Kier alpha value is -2.45. The number of hydrogen-bond acceptors (Lipinski definition) is 2. The first-order valence-electron chi connectivity index (χ1n) is 11.1. The van der Waals surface area contributed by atoms with Crippen molar-refractivity contribution >= 4 is 0 Å². The van der Waals surface area contributed by atoms with Crippen molar-refractivity contribution in [3.05, 3.63) is 78.0 Å². The van der Waals surface area contributed by atoms with E-state index in [-0.39, 0.29) is 16.9 Å². The molecule has 1 aromatic heterocycles. The minimum atomic E-state index is -0.385. The van der Waals surface area contributed by atoms with Gasteiger partial charge in [0.1, 0.15) is 0 Å². The molecule has 0 bridgehead atoms. The Kier molecular flexibility index (Phi) is 6.47. The van der Waals surface area contributed by atoms with Crippen LogP contribution < -0.4 is 0 Å². The van der Waals surface area contributed by atoms with Crippen LogP contribution in [-0.4, -0.2) is 16.2 Å². The average molecular weight is 402 g/mol. The molecule has 1 N–H and O–H groups in total. The maximum absolute atomic E-state index is 10.8. The van der Waals surface area contributed by atoms with E-state index < -0.39 is 0 Å². The predicted octanol–water partition coefficient (Wildman–Crippen LogP) is 7.15. The smallest absolute Gasteiger partial charge is 0.0705 e. The van der Waals surface area contributed by atoms with Crippen molar-refractivity contribution in [2.24, 2.45) is 0 Å². The summed E-state index contributed by atoms with van der Waals surface area (Å²) in [6.07, 6.45) is 3.18. The standard InChI is InChI=1S/C28H35NO/c1-7-26(30)28(6,8-2)24-12-10-9-11-23(24)25-18-15-21(19-29-25)20-13-16-22(17-14-20)27(3,4)5/h9-19,26,30H,7-8H2,1-6H3/t26-,28?/m1/s1. The molecular formula is C28H35NO. The zero-order chi connectivity index (χ0) is 21.9. The van der Waals surface area contributed by atoms with Crippen molar-refractivity contribution in [3.63, 3.8) is 0 Å². The van der Waals surface area contributed by atoms with Crippen molar-refractivity contribution in [1.29, 1.82) is 0 Å². The molecule has 158 valence electrons. The minimum Gasteiger partial charge on any atom is -0.392 e. The lowest BCUT2D eigenvalue weighted by molar-refractivity contribution is 0.0836. The molecule has 30 heavy (non-hydrogen) atoms. The van der Waals surface area contributed by atoms with Gasteiger partial charge in [-0.05, 0) is 41.0 Å². The number of aliphatic hydroxyl groups is 1. The summed E-state index contributed by atoms with van der Waals surface area (Å²) < 4.78 is 0. The lowest BCUT2D eigenvalue weighted by Gasteiger charge is -2.35. The number of rotatable bonds is 6. The fraction of sp³-hybridized carbons (Fsp3) is 0.393. The summed E-state index contributed by atoms with van der Waals surface area (Å²) in [5.74, 6) is 0. The van der Waals surface area contributed by atoms with Crippen LogP contribution in [0.4, 0.5) is 0 Å². The van der Waals surface area contributed by atoms with Gasteiger partial charge in [0, 0.05) is 22.7 Å². The number of pyridine rings is 1. The second-order valence-electron chi connectivity index (χ2n) is 9.50. The fourth-order valence-corrected chi connectivity index (χ4v) is 4.15. The van der Waals surface area contributed by atoms with Crippen molar-refractivity contribution in [2.45, 2.75) is 71.3 Å². The van der Waals surface area contributed by atoms with Crippen LogP contribution in [0.2, 0.25) is 0 Å². The second kappa shape index (κ2) is 8.73. The van der Waals surface area contributed by atoms with Gasteiger partial charge in [-0.3, -0.25) is 4.98 Å². The van der Waals surface area contributed by atoms with Gasteiger partial charge in [0.05, 0.1) is 11.8 Å². The summed E-state index contributed by atoms with van der Waals surface area (Å²) in [6, 6.07) is 21.4. The lowest BCUT2D eigenvalue weighted by Crippen LogP contribution is -2.36. The number of aromatic nitrogens is 1. The highest BCUT2D eigenvalue weighted by atomic mass is 16.3. The first-order chi connectivity index (χ1) is 14.2. The molecule has 2 heteroatoms. The molecule has 0 aliphatic rings. The Labute approximate surface area is 182 Å². The zero-order valence-electron chi connectivity index (χ0n) is 19.2. The molecule has 0 spiro atoms. The first kappa shape index (κ1) is 22.2. The summed E-state index contributed by atoms with van der Waals surface area (Å²) in [4.78, 5) is 4.81. The molecule has 0 radical (unpaired) electrons. The molecule has 3 aromatic rings. The highest BCUT2D eigenvalue weighted by Gasteiger charge is 2.34. The van der Waals surface area contributed by atoms with E-state index in [0.717, 1.165) is 35.2 Å². The van der Waals surface area contributed by atoms with Crippen LogP contribution in [0.25, 0.3) is 22.4 Å². The summed E-state index contributed by atoms with van der Waals surface area (Å²) in [7, 11) is 0. The molecule has 2 aromatic carbocycles. The maximum Gasteiger partial charge on any atom is 0.0705 e. The van der Waals surface area contributed by atoms with E-state index in [0.29, 0.717) is 0 Å². The van der Waals surface area contributed by atoms with Crippen molar-refractivity contribution in [2.75, 3.05) is 0 Å². The van der Waals surface area contributed by atoms with Gasteiger partial charge in [-0.2, -0.15) is 0 Å². The van der Waals surface area contributed by atoms with Gasteiger partial charge >= 0.3 is 0 Å². The molecule has 0 fully saturated rings. The molecule has 2 atom stereocenters. The highest BCUT2D eigenvalue weighted by molar-refractivity contribution is 5.70. The lowest BCUT2D eigenvalue weighted by atomic mass is 9.72. The SMILES string of the molecule is CC[C@@H](O)C(C)(CC)c1ccccc1-c1ccc(-c2ccc(C(C)(C)C)cc2)cn1. The Bertz CT molecular complexity index is 967. The van der Waals surface area contributed by atoms with E-state index in [1.54, 1.807) is 0 Å². The van der Waals surface area contributed by atoms with Gasteiger partial charge in [0.2, 0.25) is 0 Å². The molecule has 2 nitrogen and oxygen atoms in total. The van der Waals surface area contributed by atoms with Gasteiger partial charge in [0.25, 0.3) is 0 Å². The number of benzene rings is 2. The molecule has 0 amide bonds. The molecule has 1 heterocycles. The normalized spacial score (nSPS) is 14.9. The van der Waals surface area contributed by atoms with E-state index in [1.165, 1.54) is 11.1 Å². The van der Waals surface area contributed by atoms with Crippen LogP contribution in [0, 0.1) is 0 Å². The number of nitrogens with zero attached hydrogens (tertiary/aromatic N) is 1. The molecule has 0 aliphatic heterocycles. The summed E-state index contributed by atoms with van der Waals surface area (Å²) in [6.45, 7) is 13.0. The number of hydrogen-bond donors (Lipinski definition) is 1. The molecule has 0 saturated heterocycles. The van der Waals surface area contributed by atoms with Gasteiger partial charge in [-0.25, -0.2) is 0 Å². The monoisotopic (exact) mass is 401 g/mol. The molecule has 0 aliphatic carbocycles. The minimum absolute atomic E-state index is 0.152. The Morgan fingerprint density at radius 3 is 2.00 bits per heavy atom. The van der Waals surface area contributed by atoms with Crippen LogP contribution in [0.15, 0.2) is 66.9 Å². The third kappa shape index (κ3) is 4.34.